The summed E-state index contributed by atoms with van der Waals surface area (Å²) in [5.41, 5.74) is 5.12. The lowest BCUT2D eigenvalue weighted by Gasteiger charge is -2.37. The van der Waals surface area contributed by atoms with E-state index in [4.69, 9.17) is 5.73 Å². The van der Waals surface area contributed by atoms with Crippen LogP contribution in [0.15, 0.2) is 0 Å². The minimum Gasteiger partial charge on any atom is -0.363 e. The molecular formula is C33H55N5O7S. The number of rotatable bonds is 13. The van der Waals surface area contributed by atoms with Crippen LogP contribution < -0.4 is 21.7 Å². The lowest BCUT2D eigenvalue weighted by molar-refractivity contribution is -0.144. The number of nitrogens with one attached hydrogen (secondary N) is 3. The molecule has 0 radical (unpaired) electrons. The van der Waals surface area contributed by atoms with E-state index in [0.717, 1.165) is 44.9 Å². The molecule has 46 heavy (non-hydrogen) atoms. The summed E-state index contributed by atoms with van der Waals surface area (Å²) in [6.45, 7) is 13.0. The van der Waals surface area contributed by atoms with Crippen molar-refractivity contribution < 1.29 is 32.4 Å². The number of primary amides is 1. The maximum absolute atomic E-state index is 14.4. The van der Waals surface area contributed by atoms with E-state index < -0.39 is 62.4 Å². The number of sulfone groups is 1. The third-order valence-electron chi connectivity index (χ3n) is 11.0. The SMILES string of the molecule is CC(C)[C@@H](CS(=O)(=O)C(C)(C)C)NC(=O)N[C@H](C(=O)N1CC2C([C@H]1C(=O)NC(CC1CC1)C(=O)C(N)=O)C2(C)C)C1CCCCC1. The van der Waals surface area contributed by atoms with Gasteiger partial charge in [-0.15, -0.1) is 0 Å². The van der Waals surface area contributed by atoms with Crippen LogP contribution in [0.5, 0.6) is 0 Å². The molecule has 260 valence electrons. The van der Waals surface area contributed by atoms with Gasteiger partial charge >= 0.3 is 6.03 Å². The summed E-state index contributed by atoms with van der Waals surface area (Å²) in [5, 5.41) is 8.53. The first kappa shape index (κ1) is 36.1. The molecule has 0 aromatic carbocycles. The van der Waals surface area contributed by atoms with E-state index in [0.29, 0.717) is 13.0 Å². The van der Waals surface area contributed by atoms with E-state index >= 15 is 0 Å². The molecule has 5 N–H and O–H groups in total. The van der Waals surface area contributed by atoms with E-state index in [1.807, 2.05) is 13.8 Å². The molecule has 5 amide bonds. The molecule has 1 aliphatic heterocycles. The number of hydrogen-bond acceptors (Lipinski definition) is 7. The van der Waals surface area contributed by atoms with E-state index in [2.05, 4.69) is 29.8 Å². The molecule has 6 atom stereocenters. The third-order valence-corrected chi connectivity index (χ3v) is 13.7. The first-order chi connectivity index (χ1) is 21.3. The van der Waals surface area contributed by atoms with Crippen molar-refractivity contribution in [3.63, 3.8) is 0 Å². The Bertz CT molecular complexity index is 1310. The number of piperidine rings is 1. The largest absolute Gasteiger partial charge is 0.363 e. The van der Waals surface area contributed by atoms with Gasteiger partial charge in [0.1, 0.15) is 12.1 Å². The second-order valence-electron chi connectivity index (χ2n) is 16.1. The van der Waals surface area contributed by atoms with E-state index in [-0.39, 0.29) is 46.7 Å². The summed E-state index contributed by atoms with van der Waals surface area (Å²) in [7, 11) is -3.54. The van der Waals surface area contributed by atoms with Gasteiger partial charge in [0, 0.05) is 12.6 Å². The number of carbonyl (C=O) groups is 5. The molecule has 3 unspecified atom stereocenters. The zero-order valence-electron chi connectivity index (χ0n) is 28.6. The first-order valence-electron chi connectivity index (χ1n) is 17.0. The fourth-order valence-corrected chi connectivity index (χ4v) is 8.87. The monoisotopic (exact) mass is 665 g/mol. The number of fused-ring (bicyclic) bond motifs is 1. The summed E-state index contributed by atoms with van der Waals surface area (Å²) in [4.78, 5) is 67.8. The number of hydrogen-bond donors (Lipinski definition) is 4. The quantitative estimate of drug-likeness (QED) is 0.218. The Morgan fingerprint density at radius 2 is 1.54 bits per heavy atom. The van der Waals surface area contributed by atoms with Crippen LogP contribution in [0.4, 0.5) is 4.79 Å². The van der Waals surface area contributed by atoms with Gasteiger partial charge in [0.05, 0.1) is 16.5 Å². The van der Waals surface area contributed by atoms with Crippen molar-refractivity contribution in [1.29, 1.82) is 0 Å². The minimum absolute atomic E-state index is 0.0784. The second-order valence-corrected chi connectivity index (χ2v) is 18.9. The Morgan fingerprint density at radius 1 is 0.935 bits per heavy atom. The highest BCUT2D eigenvalue weighted by Gasteiger charge is 2.69. The first-order valence-corrected chi connectivity index (χ1v) is 18.6. The molecule has 1 heterocycles. The van der Waals surface area contributed by atoms with Crippen LogP contribution in [0.25, 0.3) is 0 Å². The maximum atomic E-state index is 14.4. The average molecular weight is 666 g/mol. The Kier molecular flexibility index (Phi) is 10.6. The number of ketones is 1. The highest BCUT2D eigenvalue weighted by atomic mass is 32.2. The molecule has 13 heteroatoms. The Morgan fingerprint density at radius 3 is 2.07 bits per heavy atom. The molecule has 4 rings (SSSR count). The fourth-order valence-electron chi connectivity index (χ4n) is 7.43. The van der Waals surface area contributed by atoms with Crippen molar-refractivity contribution >= 4 is 39.4 Å². The van der Waals surface area contributed by atoms with Crippen LogP contribution in [-0.2, 0) is 29.0 Å². The number of amides is 5. The fraction of sp³-hybridized carbons (Fsp3) is 0.848. The minimum atomic E-state index is -3.54. The van der Waals surface area contributed by atoms with Gasteiger partial charge in [0.2, 0.25) is 17.6 Å². The van der Waals surface area contributed by atoms with Gasteiger partial charge in [-0.2, -0.15) is 0 Å². The molecule has 0 aromatic rings. The highest BCUT2D eigenvalue weighted by molar-refractivity contribution is 7.92. The van der Waals surface area contributed by atoms with Crippen molar-refractivity contribution in [2.75, 3.05) is 12.3 Å². The van der Waals surface area contributed by atoms with Crippen molar-refractivity contribution in [1.82, 2.24) is 20.9 Å². The van der Waals surface area contributed by atoms with Gasteiger partial charge in [0.25, 0.3) is 5.91 Å². The van der Waals surface area contributed by atoms with E-state index in [1.165, 1.54) is 0 Å². The molecule has 0 spiro atoms. The zero-order valence-corrected chi connectivity index (χ0v) is 29.4. The Labute approximate surface area is 274 Å². The summed E-state index contributed by atoms with van der Waals surface area (Å²) in [6, 6.07) is -4.08. The predicted molar refractivity (Wildman–Crippen MR) is 174 cm³/mol. The molecular weight excluding hydrogens is 610 g/mol. The van der Waals surface area contributed by atoms with Crippen molar-refractivity contribution in [2.24, 2.45) is 40.7 Å². The molecule has 1 saturated heterocycles. The predicted octanol–water partition coefficient (Wildman–Crippen LogP) is 2.29. The van der Waals surface area contributed by atoms with Crippen LogP contribution in [-0.4, -0.2) is 84.1 Å². The summed E-state index contributed by atoms with van der Waals surface area (Å²) in [6.07, 6.45) is 6.51. The average Bonchev–Trinajstić information content (AvgIpc) is 3.81. The number of urea groups is 1. The van der Waals surface area contributed by atoms with Crippen LogP contribution in [0.2, 0.25) is 0 Å². The Hall–Kier alpha value is -2.70. The molecule has 12 nitrogen and oxygen atoms in total. The number of nitrogens with two attached hydrogens (primary N) is 1. The summed E-state index contributed by atoms with van der Waals surface area (Å²) in [5.74, 6) is -3.14. The highest BCUT2D eigenvalue weighted by Crippen LogP contribution is 2.65. The molecule has 4 fully saturated rings. The van der Waals surface area contributed by atoms with Gasteiger partial charge in [-0.05, 0) is 75.0 Å². The lowest BCUT2D eigenvalue weighted by atomic mass is 9.83. The van der Waals surface area contributed by atoms with E-state index in [9.17, 15) is 32.4 Å². The lowest BCUT2D eigenvalue weighted by Crippen LogP contribution is -2.61. The second kappa shape index (κ2) is 13.4. The molecule has 0 aromatic heterocycles. The van der Waals surface area contributed by atoms with Crippen LogP contribution in [0.1, 0.15) is 99.8 Å². The van der Waals surface area contributed by atoms with Crippen molar-refractivity contribution in [3.8, 4) is 0 Å². The molecule has 4 aliphatic rings. The number of Topliss-reactive ketones (excluding diaryl/α,β-unsaturated/α-hetero) is 1. The van der Waals surface area contributed by atoms with Gasteiger partial charge < -0.3 is 26.6 Å². The van der Waals surface area contributed by atoms with Gasteiger partial charge in [-0.25, -0.2) is 13.2 Å². The smallest absolute Gasteiger partial charge is 0.315 e. The maximum Gasteiger partial charge on any atom is 0.315 e. The van der Waals surface area contributed by atoms with Crippen molar-refractivity contribution in [2.45, 2.75) is 129 Å². The normalized spacial score (nSPS) is 26.4. The standard InChI is InChI=1S/C33H55N5O7S/c1-18(2)23(17-46(44,45)32(3,4)5)36-31(43)37-25(20-11-9-8-10-12-20)30(42)38-16-21-24(33(21,6)7)26(38)29(41)35-22(15-19-13-14-19)27(39)28(34)40/h18-26H,8-17H2,1-7H3,(H2,34,40)(H,35,41)(H2,36,37,43)/t21?,22?,23-,24?,25+,26+/m1/s1. The third kappa shape index (κ3) is 7.87. The molecule has 3 aliphatic carbocycles. The number of likely N-dealkylation sites (tertiary alicyclic amines) is 1. The zero-order chi connectivity index (χ0) is 34.4. The van der Waals surface area contributed by atoms with Crippen LogP contribution in [0, 0.1) is 35.0 Å². The van der Waals surface area contributed by atoms with Gasteiger partial charge in [0.15, 0.2) is 9.84 Å². The summed E-state index contributed by atoms with van der Waals surface area (Å²) >= 11 is 0. The van der Waals surface area contributed by atoms with Crippen LogP contribution in [0.3, 0.4) is 0 Å². The van der Waals surface area contributed by atoms with Crippen LogP contribution >= 0.6 is 0 Å². The van der Waals surface area contributed by atoms with Gasteiger partial charge in [-0.1, -0.05) is 59.8 Å². The van der Waals surface area contributed by atoms with Crippen molar-refractivity contribution in [3.05, 3.63) is 0 Å². The molecule has 0 bridgehead atoms. The topological polar surface area (TPSA) is 185 Å². The Balaban J connectivity index is 1.55. The molecule has 3 saturated carbocycles. The number of carbonyl (C=O) groups excluding carboxylic acids is 5. The summed E-state index contributed by atoms with van der Waals surface area (Å²) < 4.78 is 25.0. The number of nitrogens with zero attached hydrogens (tertiary/aromatic N) is 1. The van der Waals surface area contributed by atoms with Gasteiger partial charge in [-0.3, -0.25) is 19.2 Å². The van der Waals surface area contributed by atoms with E-state index in [1.54, 1.807) is 25.7 Å².